The number of hydrogen-bond donors (Lipinski definition) is 1. The summed E-state index contributed by atoms with van der Waals surface area (Å²) in [5.74, 6) is 0.494. The number of amides is 1. The summed E-state index contributed by atoms with van der Waals surface area (Å²) in [5.41, 5.74) is 2.15. The number of rotatable bonds is 5. The number of carbonyl (C=O) groups is 1. The van der Waals surface area contributed by atoms with Crippen LogP contribution in [0.2, 0.25) is 10.0 Å². The van der Waals surface area contributed by atoms with Crippen LogP contribution in [0.5, 0.6) is 5.75 Å². The normalized spacial score (nSPS) is 10.6. The monoisotopic (exact) mass is 406 g/mol. The third kappa shape index (κ3) is 4.18. The van der Waals surface area contributed by atoms with Crippen molar-refractivity contribution in [2.45, 2.75) is 13.8 Å². The van der Waals surface area contributed by atoms with Crippen molar-refractivity contribution in [3.05, 3.63) is 63.0 Å². The summed E-state index contributed by atoms with van der Waals surface area (Å²) in [6.07, 6.45) is 0. The molecule has 0 saturated carbocycles. The molecule has 3 aromatic rings. The van der Waals surface area contributed by atoms with Crippen LogP contribution in [0, 0.1) is 6.92 Å². The molecule has 0 saturated heterocycles. The van der Waals surface area contributed by atoms with Crippen LogP contribution in [0.1, 0.15) is 22.2 Å². The Labute approximate surface area is 165 Å². The number of nitrogens with one attached hydrogen (secondary N) is 1. The first-order valence-electron chi connectivity index (χ1n) is 7.95. The van der Waals surface area contributed by atoms with Gasteiger partial charge in [0.25, 0.3) is 5.91 Å². The number of nitrogens with zero attached hydrogens (tertiary/aromatic N) is 1. The van der Waals surface area contributed by atoms with E-state index in [-0.39, 0.29) is 5.91 Å². The van der Waals surface area contributed by atoms with E-state index in [2.05, 4.69) is 10.3 Å². The maximum absolute atomic E-state index is 12.4. The number of halogens is 2. The van der Waals surface area contributed by atoms with Crippen molar-refractivity contribution in [2.24, 2.45) is 0 Å². The van der Waals surface area contributed by atoms with E-state index < -0.39 is 0 Å². The standard InChI is InChI=1S/C19H16Cl2N2O2S/c1-3-25-14-7-4-12(5-8-14)17-11(2)26-19(22-17)23-18(24)15-9-6-13(20)10-16(15)21/h4-10H,3H2,1-2H3,(H,22,23,24). The maximum atomic E-state index is 12.4. The molecule has 3 rings (SSSR count). The number of aryl methyl sites for hydroxylation is 1. The smallest absolute Gasteiger partial charge is 0.258 e. The molecule has 0 fully saturated rings. The van der Waals surface area contributed by atoms with E-state index in [1.54, 1.807) is 12.1 Å². The zero-order chi connectivity index (χ0) is 18.7. The Bertz CT molecular complexity index is 939. The van der Waals surface area contributed by atoms with E-state index in [1.807, 2.05) is 38.1 Å². The van der Waals surface area contributed by atoms with E-state index in [4.69, 9.17) is 27.9 Å². The highest BCUT2D eigenvalue weighted by Gasteiger charge is 2.15. The Hall–Kier alpha value is -2.08. The average molecular weight is 407 g/mol. The number of carbonyl (C=O) groups excluding carboxylic acids is 1. The molecule has 0 aliphatic rings. The molecule has 0 unspecified atom stereocenters. The zero-order valence-corrected chi connectivity index (χ0v) is 16.5. The highest BCUT2D eigenvalue weighted by atomic mass is 35.5. The number of ether oxygens (including phenoxy) is 1. The Balaban J connectivity index is 1.80. The molecule has 7 heteroatoms. The van der Waals surface area contributed by atoms with Crippen LogP contribution in [0.15, 0.2) is 42.5 Å². The molecule has 0 atom stereocenters. The predicted octanol–water partition coefficient (Wildman–Crippen LogP) is 6.08. The van der Waals surface area contributed by atoms with Crippen LogP contribution in [-0.4, -0.2) is 17.5 Å². The van der Waals surface area contributed by atoms with Crippen LogP contribution in [0.25, 0.3) is 11.3 Å². The minimum absolute atomic E-state index is 0.301. The fraction of sp³-hybridized carbons (Fsp3) is 0.158. The summed E-state index contributed by atoms with van der Waals surface area (Å²) in [5, 5.41) is 4.10. The Kier molecular flexibility index (Phi) is 5.81. The van der Waals surface area contributed by atoms with Gasteiger partial charge < -0.3 is 4.74 Å². The lowest BCUT2D eigenvalue weighted by atomic mass is 10.1. The molecule has 134 valence electrons. The van der Waals surface area contributed by atoms with Crippen LogP contribution in [-0.2, 0) is 0 Å². The van der Waals surface area contributed by atoms with Crippen molar-refractivity contribution >= 4 is 45.6 Å². The van der Waals surface area contributed by atoms with Crippen LogP contribution in [0.4, 0.5) is 5.13 Å². The molecule has 1 amide bonds. The maximum Gasteiger partial charge on any atom is 0.258 e. The summed E-state index contributed by atoms with van der Waals surface area (Å²) in [4.78, 5) is 18.0. The Morgan fingerprint density at radius 1 is 1.19 bits per heavy atom. The topological polar surface area (TPSA) is 51.2 Å². The number of thiazole rings is 1. The zero-order valence-electron chi connectivity index (χ0n) is 14.2. The summed E-state index contributed by atoms with van der Waals surface area (Å²) >= 11 is 13.4. The highest BCUT2D eigenvalue weighted by Crippen LogP contribution is 2.32. The molecule has 1 N–H and O–H groups in total. The molecule has 26 heavy (non-hydrogen) atoms. The molecule has 0 radical (unpaired) electrons. The lowest BCUT2D eigenvalue weighted by Crippen LogP contribution is -2.12. The second-order valence-electron chi connectivity index (χ2n) is 5.46. The minimum Gasteiger partial charge on any atom is -0.494 e. The quantitative estimate of drug-likeness (QED) is 0.558. The highest BCUT2D eigenvalue weighted by molar-refractivity contribution is 7.16. The van der Waals surface area contributed by atoms with Crippen molar-refractivity contribution in [3.63, 3.8) is 0 Å². The largest absolute Gasteiger partial charge is 0.494 e. The van der Waals surface area contributed by atoms with Crippen molar-refractivity contribution in [2.75, 3.05) is 11.9 Å². The summed E-state index contributed by atoms with van der Waals surface area (Å²) in [7, 11) is 0. The van der Waals surface area contributed by atoms with E-state index in [0.29, 0.717) is 27.3 Å². The van der Waals surface area contributed by atoms with Crippen molar-refractivity contribution in [1.82, 2.24) is 4.98 Å². The summed E-state index contributed by atoms with van der Waals surface area (Å²) < 4.78 is 5.46. The van der Waals surface area contributed by atoms with Crippen LogP contribution in [0.3, 0.4) is 0 Å². The van der Waals surface area contributed by atoms with Gasteiger partial charge in [-0.05, 0) is 56.3 Å². The summed E-state index contributed by atoms with van der Waals surface area (Å²) in [6, 6.07) is 12.5. The van der Waals surface area contributed by atoms with Gasteiger partial charge in [-0.1, -0.05) is 23.2 Å². The molecule has 0 bridgehead atoms. The molecule has 1 aromatic heterocycles. The first-order chi connectivity index (χ1) is 12.5. The lowest BCUT2D eigenvalue weighted by molar-refractivity contribution is 0.102. The fourth-order valence-corrected chi connectivity index (χ4v) is 3.76. The minimum atomic E-state index is -0.321. The van der Waals surface area contributed by atoms with Gasteiger partial charge in [-0.2, -0.15) is 0 Å². The molecule has 2 aromatic carbocycles. The molecule has 4 nitrogen and oxygen atoms in total. The average Bonchev–Trinajstić information content (AvgIpc) is 2.96. The first-order valence-corrected chi connectivity index (χ1v) is 9.52. The molecule has 0 aliphatic carbocycles. The summed E-state index contributed by atoms with van der Waals surface area (Å²) in [6.45, 7) is 4.54. The molecule has 0 spiro atoms. The van der Waals surface area contributed by atoms with Gasteiger partial charge in [0.2, 0.25) is 0 Å². The van der Waals surface area contributed by atoms with Gasteiger partial charge in [0, 0.05) is 15.5 Å². The second-order valence-corrected chi connectivity index (χ2v) is 7.51. The van der Waals surface area contributed by atoms with Gasteiger partial charge in [0.05, 0.1) is 22.9 Å². The molecule has 0 aliphatic heterocycles. The van der Waals surface area contributed by atoms with Gasteiger partial charge in [-0.25, -0.2) is 4.98 Å². The SMILES string of the molecule is CCOc1ccc(-c2nc(NC(=O)c3ccc(Cl)cc3Cl)sc2C)cc1. The van der Waals surface area contributed by atoms with Crippen molar-refractivity contribution < 1.29 is 9.53 Å². The third-order valence-electron chi connectivity index (χ3n) is 3.63. The number of benzene rings is 2. The number of hydrogen-bond acceptors (Lipinski definition) is 4. The van der Waals surface area contributed by atoms with Gasteiger partial charge in [-0.3, -0.25) is 10.1 Å². The fourth-order valence-electron chi connectivity index (χ4n) is 2.43. The van der Waals surface area contributed by atoms with Crippen molar-refractivity contribution in [1.29, 1.82) is 0 Å². The van der Waals surface area contributed by atoms with E-state index in [9.17, 15) is 4.79 Å². The van der Waals surface area contributed by atoms with Gasteiger partial charge >= 0.3 is 0 Å². The van der Waals surface area contributed by atoms with E-state index in [1.165, 1.54) is 17.4 Å². The van der Waals surface area contributed by atoms with Gasteiger partial charge in [0.1, 0.15) is 5.75 Å². The number of anilines is 1. The van der Waals surface area contributed by atoms with E-state index >= 15 is 0 Å². The Morgan fingerprint density at radius 2 is 1.92 bits per heavy atom. The molecular weight excluding hydrogens is 391 g/mol. The van der Waals surface area contributed by atoms with E-state index in [0.717, 1.165) is 21.9 Å². The lowest BCUT2D eigenvalue weighted by Gasteiger charge is -2.05. The van der Waals surface area contributed by atoms with Crippen LogP contribution < -0.4 is 10.1 Å². The second kappa shape index (κ2) is 8.08. The first kappa shape index (κ1) is 18.7. The van der Waals surface area contributed by atoms with Gasteiger partial charge in [-0.15, -0.1) is 11.3 Å². The Morgan fingerprint density at radius 3 is 2.58 bits per heavy atom. The van der Waals surface area contributed by atoms with Crippen molar-refractivity contribution in [3.8, 4) is 17.0 Å². The molecule has 1 heterocycles. The van der Waals surface area contributed by atoms with Crippen LogP contribution >= 0.6 is 34.5 Å². The predicted molar refractivity (Wildman–Crippen MR) is 108 cm³/mol. The van der Waals surface area contributed by atoms with Gasteiger partial charge in [0.15, 0.2) is 5.13 Å². The number of aromatic nitrogens is 1. The molecular formula is C19H16Cl2N2O2S. The third-order valence-corrected chi connectivity index (χ3v) is 5.07.